The number of hydrogen-bond acceptors (Lipinski definition) is 5. The Morgan fingerprint density at radius 2 is 2.10 bits per heavy atom. The van der Waals surface area contributed by atoms with Gasteiger partial charge in [-0.05, 0) is 66.8 Å². The van der Waals surface area contributed by atoms with E-state index in [1.54, 1.807) is 24.5 Å². The van der Waals surface area contributed by atoms with Crippen molar-refractivity contribution in [3.8, 4) is 11.3 Å². The second kappa shape index (κ2) is 10.9. The third-order valence-corrected chi connectivity index (χ3v) is 5.56. The molecule has 8 heteroatoms. The largest absolute Gasteiger partial charge is 0.353 e. The number of carbonyl (C=O) groups is 1. The highest BCUT2D eigenvalue weighted by molar-refractivity contribution is 14.1. The number of aliphatic imine (C=N–C) groups is 1. The maximum atomic E-state index is 12.4. The molecular weight excluding hydrogens is 513 g/mol. The molecule has 2 heterocycles. The zero-order chi connectivity index (χ0) is 21.5. The van der Waals surface area contributed by atoms with Gasteiger partial charge in [0.1, 0.15) is 5.82 Å². The van der Waals surface area contributed by atoms with Gasteiger partial charge >= 0.3 is 0 Å². The molecule has 1 fully saturated rings. The van der Waals surface area contributed by atoms with Crippen molar-refractivity contribution in [1.29, 1.82) is 0 Å². The molecule has 0 radical (unpaired) electrons. The molecule has 2 atom stereocenters. The summed E-state index contributed by atoms with van der Waals surface area (Å²) in [5.74, 6) is 0.746. The molecule has 30 heavy (non-hydrogen) atoms. The van der Waals surface area contributed by atoms with Crippen LogP contribution in [0.4, 0.5) is 5.69 Å². The van der Waals surface area contributed by atoms with Crippen LogP contribution in [0.25, 0.3) is 11.3 Å². The maximum absolute atomic E-state index is 12.4. The lowest BCUT2D eigenvalue weighted by atomic mass is 10.1. The molecule has 1 aromatic heterocycles. The van der Waals surface area contributed by atoms with Crippen molar-refractivity contribution < 1.29 is 4.79 Å². The monoisotopic (exact) mass is 537 g/mol. The van der Waals surface area contributed by atoms with E-state index >= 15 is 0 Å². The second-order valence-electron chi connectivity index (χ2n) is 7.31. The van der Waals surface area contributed by atoms with Crippen molar-refractivity contribution in [2.45, 2.75) is 32.4 Å². The summed E-state index contributed by atoms with van der Waals surface area (Å²) in [7, 11) is 0. The van der Waals surface area contributed by atoms with E-state index in [9.17, 15) is 4.79 Å². The molecule has 1 aliphatic rings. The van der Waals surface area contributed by atoms with Crippen LogP contribution in [0.5, 0.6) is 0 Å². The van der Waals surface area contributed by atoms with Gasteiger partial charge in [-0.3, -0.25) is 9.78 Å². The number of nitrogens with one attached hydrogen (secondary N) is 2. The van der Waals surface area contributed by atoms with Crippen LogP contribution in [0.3, 0.4) is 0 Å². The number of carbonyl (C=O) groups excluding carboxylic acids is 1. The lowest BCUT2D eigenvalue weighted by molar-refractivity contribution is -0.115. The van der Waals surface area contributed by atoms with Crippen LogP contribution in [-0.4, -0.2) is 47.2 Å². The number of hydrogen-bond donors (Lipinski definition) is 2. The Balaban J connectivity index is 1.60. The molecule has 0 saturated carbocycles. The summed E-state index contributed by atoms with van der Waals surface area (Å²) in [5, 5.41) is 7.00. The molecule has 0 bridgehead atoms. The van der Waals surface area contributed by atoms with Gasteiger partial charge in [-0.1, -0.05) is 17.7 Å². The van der Waals surface area contributed by atoms with Crippen molar-refractivity contribution in [3.63, 3.8) is 0 Å². The van der Waals surface area contributed by atoms with E-state index in [2.05, 4.69) is 61.9 Å². The highest BCUT2D eigenvalue weighted by atomic mass is 127. The Morgan fingerprint density at radius 1 is 1.33 bits per heavy atom. The molecule has 0 spiro atoms. The van der Waals surface area contributed by atoms with Crippen LogP contribution in [0, 0.1) is 0 Å². The smallest absolute Gasteiger partial charge is 0.229 e. The topological polar surface area (TPSA) is 69.6 Å². The summed E-state index contributed by atoms with van der Waals surface area (Å²) >= 11 is 8.50. The zero-order valence-electron chi connectivity index (χ0n) is 17.0. The van der Waals surface area contributed by atoms with Gasteiger partial charge in [0, 0.05) is 52.9 Å². The number of benzene rings is 1. The first kappa shape index (κ1) is 22.7. The summed E-state index contributed by atoms with van der Waals surface area (Å²) in [6.45, 7) is 6.11. The molecular formula is C22H25ClIN5O. The average Bonchev–Trinajstić information content (AvgIpc) is 2.72. The first-order chi connectivity index (χ1) is 14.5. The van der Waals surface area contributed by atoms with Gasteiger partial charge in [-0.15, -0.1) is 0 Å². The Bertz CT molecular complexity index is 924. The fraction of sp³-hybridized carbons (Fsp3) is 0.318. The average molecular weight is 538 g/mol. The second-order valence-corrected chi connectivity index (χ2v) is 8.34. The molecule has 6 nitrogen and oxygen atoms in total. The standard InChI is InChI=1S/C22H25ClIN5O/c1-15-13-29(14-16(2)27-15)21(12-24)26-10-8-22(30)28-17-6-7-19(23)18(11-17)20-5-3-4-9-25-20/h3-7,9-12,15-16,27H,8,13-14H2,1-2H3,(H,28,30). The lowest BCUT2D eigenvalue weighted by Crippen LogP contribution is -2.53. The van der Waals surface area contributed by atoms with Gasteiger partial charge in [0.25, 0.3) is 0 Å². The number of piperazine rings is 1. The number of rotatable bonds is 6. The summed E-state index contributed by atoms with van der Waals surface area (Å²) in [6.07, 6.45) is 3.56. The van der Waals surface area contributed by atoms with Crippen LogP contribution in [0.2, 0.25) is 5.02 Å². The van der Waals surface area contributed by atoms with E-state index in [-0.39, 0.29) is 12.3 Å². The van der Waals surface area contributed by atoms with E-state index in [0.717, 1.165) is 30.2 Å². The Hall–Kier alpha value is -1.97. The maximum Gasteiger partial charge on any atom is 0.229 e. The van der Waals surface area contributed by atoms with E-state index in [0.29, 0.717) is 22.8 Å². The van der Waals surface area contributed by atoms with Crippen molar-refractivity contribution in [3.05, 3.63) is 57.5 Å². The number of amides is 1. The van der Waals surface area contributed by atoms with Gasteiger partial charge in [0.05, 0.1) is 17.1 Å². The van der Waals surface area contributed by atoms with Crippen molar-refractivity contribution in [2.75, 3.05) is 18.4 Å². The van der Waals surface area contributed by atoms with Crippen molar-refractivity contribution in [1.82, 2.24) is 15.2 Å². The third kappa shape index (κ3) is 6.26. The molecule has 1 aliphatic heterocycles. The minimum atomic E-state index is -0.136. The minimum Gasteiger partial charge on any atom is -0.353 e. The van der Waals surface area contributed by atoms with Crippen LogP contribution in [0.1, 0.15) is 20.3 Å². The van der Waals surface area contributed by atoms with Crippen molar-refractivity contribution in [2.24, 2.45) is 4.99 Å². The predicted molar refractivity (Wildman–Crippen MR) is 132 cm³/mol. The molecule has 1 aromatic carbocycles. The van der Waals surface area contributed by atoms with E-state index < -0.39 is 0 Å². The fourth-order valence-electron chi connectivity index (χ4n) is 3.45. The fourth-order valence-corrected chi connectivity index (χ4v) is 4.22. The molecule has 2 aromatic rings. The van der Waals surface area contributed by atoms with Crippen LogP contribution in [-0.2, 0) is 4.79 Å². The number of nitrogens with zero attached hydrogens (tertiary/aromatic N) is 3. The molecule has 1 saturated heterocycles. The van der Waals surface area contributed by atoms with Crippen LogP contribution < -0.4 is 10.6 Å². The number of aromatic nitrogens is 1. The van der Waals surface area contributed by atoms with Crippen molar-refractivity contribution >= 4 is 52.0 Å². The Kier molecular flexibility index (Phi) is 8.24. The predicted octanol–water partition coefficient (Wildman–Crippen LogP) is 4.72. The van der Waals surface area contributed by atoms with Crippen LogP contribution in [0.15, 0.2) is 57.5 Å². The molecule has 2 N–H and O–H groups in total. The Labute approximate surface area is 196 Å². The van der Waals surface area contributed by atoms with Gasteiger partial charge in [-0.2, -0.15) is 0 Å². The first-order valence-electron chi connectivity index (χ1n) is 9.81. The Morgan fingerprint density at radius 3 is 2.77 bits per heavy atom. The quantitative estimate of drug-likeness (QED) is 0.413. The molecule has 1 amide bonds. The van der Waals surface area contributed by atoms with Crippen LogP contribution >= 0.6 is 34.2 Å². The molecule has 158 valence electrons. The van der Waals surface area contributed by atoms with Gasteiger partial charge in [0.15, 0.2) is 0 Å². The summed E-state index contributed by atoms with van der Waals surface area (Å²) < 4.78 is 1.95. The summed E-state index contributed by atoms with van der Waals surface area (Å²) in [4.78, 5) is 23.5. The highest BCUT2D eigenvalue weighted by Crippen LogP contribution is 2.29. The first-order valence-corrected chi connectivity index (χ1v) is 11.4. The third-order valence-electron chi connectivity index (χ3n) is 4.67. The summed E-state index contributed by atoms with van der Waals surface area (Å²) in [5.41, 5.74) is 2.21. The number of pyridine rings is 1. The normalized spacial score (nSPS) is 19.9. The molecule has 3 rings (SSSR count). The number of anilines is 1. The van der Waals surface area contributed by atoms with Gasteiger partial charge in [-0.25, -0.2) is 4.99 Å². The summed E-state index contributed by atoms with van der Waals surface area (Å²) in [6, 6.07) is 11.8. The van der Waals surface area contributed by atoms with Gasteiger partial charge < -0.3 is 15.5 Å². The molecule has 2 unspecified atom stereocenters. The van der Waals surface area contributed by atoms with Gasteiger partial charge in [0.2, 0.25) is 5.91 Å². The highest BCUT2D eigenvalue weighted by Gasteiger charge is 2.22. The zero-order valence-corrected chi connectivity index (χ0v) is 19.9. The lowest BCUT2D eigenvalue weighted by Gasteiger charge is -2.37. The number of halogens is 2. The molecule has 0 aliphatic carbocycles. The van der Waals surface area contributed by atoms with E-state index in [4.69, 9.17) is 11.6 Å². The van der Waals surface area contributed by atoms with E-state index in [1.165, 1.54) is 0 Å². The minimum absolute atomic E-state index is 0.136. The SMILES string of the molecule is CC1CN(C(=CI)N=CCC(=O)Nc2ccc(Cl)c(-c3ccccn3)c2)CC(C)N1. The van der Waals surface area contributed by atoms with E-state index in [1.807, 2.05) is 28.3 Å².